The van der Waals surface area contributed by atoms with Crippen LogP contribution in [-0.4, -0.2) is 22.7 Å². The van der Waals surface area contributed by atoms with Gasteiger partial charge in [-0.2, -0.15) is 0 Å². The number of imidazole rings is 1. The Morgan fingerprint density at radius 3 is 2.89 bits per heavy atom. The van der Waals surface area contributed by atoms with Crippen LogP contribution in [0.25, 0.3) is 0 Å². The first kappa shape index (κ1) is 13.2. The zero-order valence-electron chi connectivity index (χ0n) is 11.2. The van der Waals surface area contributed by atoms with Crippen LogP contribution in [0.2, 0.25) is 0 Å². The molecule has 1 aromatic heterocycles. The second kappa shape index (κ2) is 6.64. The minimum Gasteiger partial charge on any atom is -0.492 e. The number of nitrogens with zero attached hydrogens (tertiary/aromatic N) is 2. The van der Waals surface area contributed by atoms with Gasteiger partial charge in [0, 0.05) is 12.7 Å². The summed E-state index contributed by atoms with van der Waals surface area (Å²) in [7, 11) is 0. The Balaban J connectivity index is 1.81. The highest BCUT2D eigenvalue weighted by Crippen LogP contribution is 2.09. The Kier molecular flexibility index (Phi) is 4.61. The van der Waals surface area contributed by atoms with Gasteiger partial charge in [-0.05, 0) is 19.1 Å². The summed E-state index contributed by atoms with van der Waals surface area (Å²) < 4.78 is 7.65. The van der Waals surface area contributed by atoms with Gasteiger partial charge in [-0.3, -0.25) is 0 Å². The number of nitrogens with one attached hydrogen (secondary N) is 1. The molecule has 0 bridgehead atoms. The van der Waals surface area contributed by atoms with Crippen LogP contribution in [0.3, 0.4) is 0 Å². The molecule has 0 spiro atoms. The first-order chi connectivity index (χ1) is 9.29. The van der Waals surface area contributed by atoms with Crippen LogP contribution in [0.1, 0.15) is 5.69 Å². The average Bonchev–Trinajstić information content (AvgIpc) is 2.77. The number of anilines is 1. The lowest BCUT2D eigenvalue weighted by Gasteiger charge is -2.09. The van der Waals surface area contributed by atoms with Gasteiger partial charge in [0.15, 0.2) is 0 Å². The molecule has 0 amide bonds. The molecule has 1 heterocycles. The van der Waals surface area contributed by atoms with E-state index in [-0.39, 0.29) is 0 Å². The van der Waals surface area contributed by atoms with Gasteiger partial charge in [0.1, 0.15) is 12.4 Å². The fourth-order valence-corrected chi connectivity index (χ4v) is 1.81. The molecule has 0 atom stereocenters. The number of hydrogen-bond acceptors (Lipinski definition) is 3. The summed E-state index contributed by atoms with van der Waals surface area (Å²) in [4.78, 5) is 4.42. The highest BCUT2D eigenvalue weighted by molar-refractivity contribution is 5.29. The van der Waals surface area contributed by atoms with Crippen molar-refractivity contribution in [2.24, 2.45) is 0 Å². The van der Waals surface area contributed by atoms with E-state index in [1.165, 1.54) is 0 Å². The minimum absolute atomic E-state index is 0.601. The van der Waals surface area contributed by atoms with Crippen LogP contribution >= 0.6 is 0 Å². The first-order valence-electron chi connectivity index (χ1n) is 6.36. The summed E-state index contributed by atoms with van der Waals surface area (Å²) in [6.07, 6.45) is 3.86. The molecule has 0 aliphatic carbocycles. The molecule has 2 rings (SSSR count). The summed E-state index contributed by atoms with van der Waals surface area (Å²) in [6, 6.07) is 9.79. The molecule has 0 aliphatic rings. The van der Waals surface area contributed by atoms with E-state index in [9.17, 15) is 0 Å². The van der Waals surface area contributed by atoms with Gasteiger partial charge in [-0.1, -0.05) is 24.3 Å². The maximum absolute atomic E-state index is 5.61. The highest BCUT2D eigenvalue weighted by atomic mass is 16.5. The zero-order valence-corrected chi connectivity index (χ0v) is 11.2. The summed E-state index contributed by atoms with van der Waals surface area (Å²) in [5.74, 6) is 1.74. The second-order valence-corrected chi connectivity index (χ2v) is 4.24. The second-order valence-electron chi connectivity index (χ2n) is 4.24. The van der Waals surface area contributed by atoms with Crippen LogP contribution in [-0.2, 0) is 6.54 Å². The van der Waals surface area contributed by atoms with E-state index in [0.717, 1.165) is 23.9 Å². The van der Waals surface area contributed by atoms with E-state index in [2.05, 4.69) is 16.9 Å². The SMILES string of the molecule is C=CCn1cc(C)nc1NCCOc1ccccc1. The summed E-state index contributed by atoms with van der Waals surface area (Å²) in [5, 5.41) is 3.27. The molecule has 4 nitrogen and oxygen atoms in total. The van der Waals surface area contributed by atoms with Crippen molar-refractivity contribution in [1.82, 2.24) is 9.55 Å². The van der Waals surface area contributed by atoms with Crippen molar-refractivity contribution in [2.75, 3.05) is 18.5 Å². The fraction of sp³-hybridized carbons (Fsp3) is 0.267. The van der Waals surface area contributed by atoms with Gasteiger partial charge in [0.25, 0.3) is 0 Å². The molecule has 0 saturated carbocycles. The van der Waals surface area contributed by atoms with Gasteiger partial charge in [0.05, 0.1) is 12.2 Å². The molecule has 0 fully saturated rings. The van der Waals surface area contributed by atoms with Crippen molar-refractivity contribution in [3.05, 3.63) is 54.9 Å². The minimum atomic E-state index is 0.601. The number of hydrogen-bond donors (Lipinski definition) is 1. The van der Waals surface area contributed by atoms with Crippen molar-refractivity contribution in [1.29, 1.82) is 0 Å². The lowest BCUT2D eigenvalue weighted by atomic mass is 10.3. The van der Waals surface area contributed by atoms with Crippen LogP contribution in [0, 0.1) is 6.92 Å². The van der Waals surface area contributed by atoms with E-state index in [4.69, 9.17) is 4.74 Å². The number of rotatable bonds is 7. The molecule has 4 heteroatoms. The predicted molar refractivity (Wildman–Crippen MR) is 77.6 cm³/mol. The standard InChI is InChI=1S/C15H19N3O/c1-3-10-18-12-13(2)17-15(18)16-9-11-19-14-7-5-4-6-8-14/h3-8,12H,1,9-11H2,2H3,(H,16,17). The summed E-state index contributed by atoms with van der Waals surface area (Å²) >= 11 is 0. The van der Waals surface area contributed by atoms with E-state index >= 15 is 0 Å². The molecule has 0 aliphatic heterocycles. The van der Waals surface area contributed by atoms with Crippen molar-refractivity contribution in [3.63, 3.8) is 0 Å². The highest BCUT2D eigenvalue weighted by Gasteiger charge is 2.03. The molecular formula is C15H19N3O. The number of allylic oxidation sites excluding steroid dienone is 1. The molecule has 0 saturated heterocycles. The number of aromatic nitrogens is 2. The molecule has 1 aromatic carbocycles. The number of benzene rings is 1. The van der Waals surface area contributed by atoms with Crippen molar-refractivity contribution >= 4 is 5.95 Å². The number of para-hydroxylation sites is 1. The smallest absolute Gasteiger partial charge is 0.203 e. The molecule has 19 heavy (non-hydrogen) atoms. The fourth-order valence-electron chi connectivity index (χ4n) is 1.81. The van der Waals surface area contributed by atoms with Crippen LogP contribution in [0.5, 0.6) is 5.75 Å². The molecule has 100 valence electrons. The first-order valence-corrected chi connectivity index (χ1v) is 6.36. The maximum atomic E-state index is 5.61. The van der Waals surface area contributed by atoms with Crippen LogP contribution in [0.4, 0.5) is 5.95 Å². The lowest BCUT2D eigenvalue weighted by Crippen LogP contribution is -2.14. The number of aryl methyl sites for hydroxylation is 1. The van der Waals surface area contributed by atoms with Crippen molar-refractivity contribution in [3.8, 4) is 5.75 Å². The van der Waals surface area contributed by atoms with Gasteiger partial charge >= 0.3 is 0 Å². The van der Waals surface area contributed by atoms with E-state index in [1.807, 2.05) is 54.1 Å². The van der Waals surface area contributed by atoms with E-state index < -0.39 is 0 Å². The Morgan fingerprint density at radius 1 is 1.37 bits per heavy atom. The quantitative estimate of drug-likeness (QED) is 0.612. The largest absolute Gasteiger partial charge is 0.492 e. The molecule has 1 N–H and O–H groups in total. The van der Waals surface area contributed by atoms with Gasteiger partial charge < -0.3 is 14.6 Å². The zero-order chi connectivity index (χ0) is 13.5. The van der Waals surface area contributed by atoms with Crippen LogP contribution < -0.4 is 10.1 Å². The van der Waals surface area contributed by atoms with Gasteiger partial charge in [0.2, 0.25) is 5.95 Å². The average molecular weight is 257 g/mol. The normalized spacial score (nSPS) is 10.2. The van der Waals surface area contributed by atoms with E-state index in [0.29, 0.717) is 13.2 Å². The lowest BCUT2D eigenvalue weighted by molar-refractivity contribution is 0.332. The summed E-state index contributed by atoms with van der Waals surface area (Å²) in [5.41, 5.74) is 0.994. The third-order valence-electron chi connectivity index (χ3n) is 2.62. The monoisotopic (exact) mass is 257 g/mol. The van der Waals surface area contributed by atoms with E-state index in [1.54, 1.807) is 0 Å². The third-order valence-corrected chi connectivity index (χ3v) is 2.62. The maximum Gasteiger partial charge on any atom is 0.203 e. The van der Waals surface area contributed by atoms with Crippen LogP contribution in [0.15, 0.2) is 49.2 Å². The third kappa shape index (κ3) is 3.88. The Labute approximate surface area is 113 Å². The molecule has 2 aromatic rings. The topological polar surface area (TPSA) is 39.1 Å². The number of ether oxygens (including phenoxy) is 1. The van der Waals surface area contributed by atoms with Crippen molar-refractivity contribution < 1.29 is 4.74 Å². The van der Waals surface area contributed by atoms with Gasteiger partial charge in [-0.25, -0.2) is 4.98 Å². The Bertz CT molecular complexity index is 519. The molecule has 0 radical (unpaired) electrons. The molecule has 0 unspecified atom stereocenters. The summed E-state index contributed by atoms with van der Waals surface area (Å²) in [6.45, 7) is 7.78. The molecular weight excluding hydrogens is 238 g/mol. The van der Waals surface area contributed by atoms with Crippen molar-refractivity contribution in [2.45, 2.75) is 13.5 Å². The van der Waals surface area contributed by atoms with Gasteiger partial charge in [-0.15, -0.1) is 6.58 Å². The predicted octanol–water partition coefficient (Wildman–Crippen LogP) is 2.87. The Hall–Kier alpha value is -2.23. The Morgan fingerprint density at radius 2 is 2.16 bits per heavy atom.